The number of piperidine rings is 2. The molecule has 58 heavy (non-hydrogen) atoms. The predicted molar refractivity (Wildman–Crippen MR) is 217 cm³/mol. The number of imide groups is 1. The standard InChI is InChI=1S/C44H47FN10O3/c45-32-5-1-4-30(25-32)36-7-3-17-53(36)41-13-12-39-46-26-38(55(39)49-41)35-6-2-8-40(47-35)52-22-20-51(21-23-52)33-15-18-50(19-16-33)27-29-9-10-34-31(24-29)28-54(44(34)58)37-11-14-42(56)48-43(37)57/h1-2,4-6,8-10,12-13,24-26,33,36-37H,3,7,11,14-23,27-28H2,(H,48,56,57)/t36-,37?/m1/s1. The number of pyridine rings is 1. The van der Waals surface area contributed by atoms with Gasteiger partial charge < -0.3 is 14.7 Å². The molecule has 4 fully saturated rings. The van der Waals surface area contributed by atoms with Gasteiger partial charge in [0.1, 0.15) is 29.2 Å². The van der Waals surface area contributed by atoms with E-state index >= 15 is 0 Å². The fourth-order valence-corrected chi connectivity index (χ4v) is 9.78. The Labute approximate surface area is 336 Å². The van der Waals surface area contributed by atoms with E-state index in [0.29, 0.717) is 24.6 Å². The molecule has 0 aliphatic carbocycles. The molecule has 3 aromatic heterocycles. The van der Waals surface area contributed by atoms with Gasteiger partial charge in [0.15, 0.2) is 5.65 Å². The van der Waals surface area contributed by atoms with E-state index < -0.39 is 6.04 Å². The van der Waals surface area contributed by atoms with E-state index in [4.69, 9.17) is 10.1 Å². The summed E-state index contributed by atoms with van der Waals surface area (Å²) in [4.78, 5) is 58.4. The Morgan fingerprint density at radius 2 is 1.62 bits per heavy atom. The van der Waals surface area contributed by atoms with Gasteiger partial charge in [-0.05, 0) is 104 Å². The van der Waals surface area contributed by atoms with Gasteiger partial charge in [-0.1, -0.05) is 30.3 Å². The molecule has 2 aromatic carbocycles. The van der Waals surface area contributed by atoms with Crippen LogP contribution in [0.15, 0.2) is 79.0 Å². The molecule has 1 N–H and O–H groups in total. The third kappa shape index (κ3) is 6.98. The number of piperazine rings is 1. The number of rotatable bonds is 8. The zero-order valence-electron chi connectivity index (χ0n) is 32.5. The van der Waals surface area contributed by atoms with E-state index in [1.54, 1.807) is 17.0 Å². The summed E-state index contributed by atoms with van der Waals surface area (Å²) >= 11 is 0. The Morgan fingerprint density at radius 1 is 0.776 bits per heavy atom. The zero-order valence-corrected chi connectivity index (χ0v) is 32.5. The molecule has 298 valence electrons. The lowest BCUT2D eigenvalue weighted by Crippen LogP contribution is -2.53. The molecule has 1 unspecified atom stereocenters. The molecule has 8 heterocycles. The smallest absolute Gasteiger partial charge is 0.255 e. The number of amides is 3. The third-order valence-corrected chi connectivity index (χ3v) is 12.8. The number of likely N-dealkylation sites (tertiary alicyclic amines) is 1. The van der Waals surface area contributed by atoms with Gasteiger partial charge in [-0.15, -0.1) is 5.10 Å². The molecule has 2 atom stereocenters. The SMILES string of the molecule is O=C1CCC(N2Cc3cc(CN4CCC(N5CCN(c6cccc(-c7cnc8ccc(N9CCC[C@@H]9c9cccc(F)c9)nn78)n6)CC5)CC4)ccc3C2=O)C(=O)N1. The van der Waals surface area contributed by atoms with Crippen molar-refractivity contribution in [3.8, 4) is 11.4 Å². The molecule has 13 nitrogen and oxygen atoms in total. The Kier molecular flexibility index (Phi) is 9.60. The van der Waals surface area contributed by atoms with Crippen molar-refractivity contribution in [2.24, 2.45) is 0 Å². The second kappa shape index (κ2) is 15.2. The molecule has 14 heteroatoms. The average molecular weight is 783 g/mol. The van der Waals surface area contributed by atoms with Crippen molar-refractivity contribution in [3.63, 3.8) is 0 Å². The number of nitrogens with one attached hydrogen (secondary N) is 1. The number of carbonyl (C=O) groups excluding carboxylic acids is 3. The Bertz CT molecular complexity index is 2390. The maximum atomic E-state index is 14.1. The maximum absolute atomic E-state index is 14.1. The fourth-order valence-electron chi connectivity index (χ4n) is 9.78. The van der Waals surface area contributed by atoms with Gasteiger partial charge in [0.2, 0.25) is 11.8 Å². The van der Waals surface area contributed by atoms with E-state index in [9.17, 15) is 18.8 Å². The highest BCUT2D eigenvalue weighted by Crippen LogP contribution is 2.36. The summed E-state index contributed by atoms with van der Waals surface area (Å²) in [6, 6.07) is 23.2. The molecule has 5 aliphatic heterocycles. The number of anilines is 2. The maximum Gasteiger partial charge on any atom is 0.255 e. The van der Waals surface area contributed by atoms with Crippen LogP contribution in [0, 0.1) is 5.82 Å². The van der Waals surface area contributed by atoms with Crippen molar-refractivity contribution < 1.29 is 18.8 Å². The molecular weight excluding hydrogens is 736 g/mol. The van der Waals surface area contributed by atoms with Crippen molar-refractivity contribution in [1.82, 2.24) is 39.6 Å². The lowest BCUT2D eigenvalue weighted by Gasteiger charge is -2.43. The molecule has 5 aromatic rings. The molecule has 0 spiro atoms. The molecule has 0 saturated carbocycles. The van der Waals surface area contributed by atoms with Gasteiger partial charge in [-0.25, -0.2) is 18.9 Å². The van der Waals surface area contributed by atoms with Gasteiger partial charge in [0.25, 0.3) is 5.91 Å². The summed E-state index contributed by atoms with van der Waals surface area (Å²) in [5.41, 5.74) is 6.19. The molecule has 10 rings (SSSR count). The van der Waals surface area contributed by atoms with Crippen LogP contribution in [0.3, 0.4) is 0 Å². The lowest BCUT2D eigenvalue weighted by molar-refractivity contribution is -0.136. The van der Waals surface area contributed by atoms with Crippen molar-refractivity contribution >= 4 is 35.0 Å². The van der Waals surface area contributed by atoms with Crippen LogP contribution in [0.25, 0.3) is 17.0 Å². The quantitative estimate of drug-likeness (QED) is 0.220. The minimum absolute atomic E-state index is 0.0766. The minimum atomic E-state index is -0.594. The second-order valence-electron chi connectivity index (χ2n) is 16.3. The van der Waals surface area contributed by atoms with Gasteiger partial charge in [0, 0.05) is 63.8 Å². The molecule has 0 radical (unpaired) electrons. The van der Waals surface area contributed by atoms with Gasteiger partial charge >= 0.3 is 0 Å². The number of halogens is 1. The Morgan fingerprint density at radius 3 is 2.45 bits per heavy atom. The fraction of sp³-hybridized carbons (Fsp3) is 0.409. The number of benzene rings is 2. The molecule has 5 aliphatic rings. The van der Waals surface area contributed by atoms with Crippen molar-refractivity contribution in [3.05, 3.63) is 107 Å². The number of nitrogens with zero attached hydrogens (tertiary/aromatic N) is 9. The van der Waals surface area contributed by atoms with Crippen molar-refractivity contribution in [1.29, 1.82) is 0 Å². The van der Waals surface area contributed by atoms with Crippen LogP contribution in [0.5, 0.6) is 0 Å². The first-order chi connectivity index (χ1) is 28.3. The lowest BCUT2D eigenvalue weighted by atomic mass is 10.0. The first-order valence-electron chi connectivity index (χ1n) is 20.7. The van der Waals surface area contributed by atoms with Crippen molar-refractivity contribution in [2.75, 3.05) is 55.6 Å². The average Bonchev–Trinajstić information content (AvgIpc) is 3.99. The molecular formula is C44H47FN10O3. The largest absolute Gasteiger partial charge is 0.354 e. The van der Waals surface area contributed by atoms with Crippen LogP contribution >= 0.6 is 0 Å². The van der Waals surface area contributed by atoms with E-state index in [0.717, 1.165) is 118 Å². The van der Waals surface area contributed by atoms with E-state index in [2.05, 4.69) is 48.1 Å². The third-order valence-electron chi connectivity index (χ3n) is 12.8. The predicted octanol–water partition coefficient (Wildman–Crippen LogP) is 4.82. The molecule has 0 bridgehead atoms. The van der Waals surface area contributed by atoms with Gasteiger partial charge in [-0.3, -0.25) is 29.5 Å². The number of imidazole rings is 1. The monoisotopic (exact) mass is 782 g/mol. The number of carbonyl (C=O) groups is 3. The first-order valence-corrected chi connectivity index (χ1v) is 20.7. The zero-order chi connectivity index (χ0) is 39.3. The number of fused-ring (bicyclic) bond motifs is 2. The highest BCUT2D eigenvalue weighted by molar-refractivity contribution is 6.05. The van der Waals surface area contributed by atoms with Crippen LogP contribution in [0.4, 0.5) is 16.0 Å². The highest BCUT2D eigenvalue weighted by Gasteiger charge is 2.39. The van der Waals surface area contributed by atoms with Crippen LogP contribution in [-0.2, 0) is 22.7 Å². The van der Waals surface area contributed by atoms with Crippen LogP contribution < -0.4 is 15.1 Å². The first kappa shape index (κ1) is 36.6. The van der Waals surface area contributed by atoms with E-state index in [1.165, 1.54) is 11.6 Å². The van der Waals surface area contributed by atoms with Crippen molar-refractivity contribution in [2.45, 2.75) is 69.7 Å². The van der Waals surface area contributed by atoms with Gasteiger partial charge in [0.05, 0.1) is 17.9 Å². The summed E-state index contributed by atoms with van der Waals surface area (Å²) in [5.74, 6) is 0.805. The molecule has 4 saturated heterocycles. The highest BCUT2D eigenvalue weighted by atomic mass is 19.1. The summed E-state index contributed by atoms with van der Waals surface area (Å²) in [6.45, 7) is 7.93. The van der Waals surface area contributed by atoms with E-state index in [1.807, 2.05) is 47.1 Å². The number of aromatic nitrogens is 4. The van der Waals surface area contributed by atoms with Crippen LogP contribution in [0.2, 0.25) is 0 Å². The summed E-state index contributed by atoms with van der Waals surface area (Å²) in [5, 5.41) is 7.43. The van der Waals surface area contributed by atoms with E-state index in [-0.39, 0.29) is 36.0 Å². The topological polar surface area (TPSA) is 123 Å². The van der Waals surface area contributed by atoms with Crippen LogP contribution in [-0.4, -0.2) is 110 Å². The minimum Gasteiger partial charge on any atom is -0.354 e. The second-order valence-corrected chi connectivity index (χ2v) is 16.3. The summed E-state index contributed by atoms with van der Waals surface area (Å²) in [6.07, 6.45) is 6.68. The Balaban J connectivity index is 0.741. The molecule has 3 amide bonds. The summed E-state index contributed by atoms with van der Waals surface area (Å²) < 4.78 is 16.0. The summed E-state index contributed by atoms with van der Waals surface area (Å²) in [7, 11) is 0. The normalized spacial score (nSPS) is 22.3. The Hall–Kier alpha value is -5.73. The number of hydrogen-bond donors (Lipinski definition) is 1. The number of hydrogen-bond acceptors (Lipinski definition) is 10. The van der Waals surface area contributed by atoms with Gasteiger partial charge in [-0.2, -0.15) is 0 Å². The van der Waals surface area contributed by atoms with Crippen LogP contribution in [0.1, 0.15) is 71.6 Å².